The predicted molar refractivity (Wildman–Crippen MR) is 62.4 cm³/mol. The highest BCUT2D eigenvalue weighted by Gasteiger charge is 2.20. The summed E-state index contributed by atoms with van der Waals surface area (Å²) in [5.74, 6) is 0. The number of para-hydroxylation sites is 1. The Labute approximate surface area is 91.5 Å². The normalized spacial score (nSPS) is 11.1. The smallest absolute Gasteiger partial charge is 0.456 e. The third-order valence-corrected chi connectivity index (χ3v) is 2.69. The Bertz CT molecular complexity index is 660. The van der Waals surface area contributed by atoms with Crippen molar-refractivity contribution in [3.8, 4) is 0 Å². The van der Waals surface area contributed by atoms with Gasteiger partial charge in [-0.1, -0.05) is 30.3 Å². The van der Waals surface area contributed by atoms with Gasteiger partial charge in [0.05, 0.1) is 0 Å². The Balaban J connectivity index is 2.53. The third-order valence-electron chi connectivity index (χ3n) is 2.69. The lowest BCUT2D eigenvalue weighted by Crippen LogP contribution is -2.25. The topological polar surface area (TPSA) is 33.4 Å². The van der Waals surface area contributed by atoms with Gasteiger partial charge in [-0.05, 0) is 17.6 Å². The van der Waals surface area contributed by atoms with Crippen molar-refractivity contribution in [3.63, 3.8) is 0 Å². The van der Waals surface area contributed by atoms with Crippen LogP contribution in [0, 0.1) is 0 Å². The summed E-state index contributed by atoms with van der Waals surface area (Å²) in [6, 6.07) is 12.4. The van der Waals surface area contributed by atoms with Crippen molar-refractivity contribution < 1.29 is 13.8 Å². The van der Waals surface area contributed by atoms with Crippen molar-refractivity contribution in [2.75, 3.05) is 0 Å². The first-order valence-corrected chi connectivity index (χ1v) is 4.99. The molecule has 0 radical (unpaired) electrons. The minimum absolute atomic E-state index is 0.252. The zero-order chi connectivity index (χ0) is 11.1. The highest BCUT2D eigenvalue weighted by atomic mass is 19.1. The summed E-state index contributed by atoms with van der Waals surface area (Å²) in [6.45, 7) is 0. The van der Waals surface area contributed by atoms with E-state index in [4.69, 9.17) is 9.44 Å². The van der Waals surface area contributed by atoms with Gasteiger partial charge in [-0.2, -0.15) is 0 Å². The van der Waals surface area contributed by atoms with Gasteiger partial charge in [0, 0.05) is 10.8 Å². The van der Waals surface area contributed by atoms with Crippen LogP contribution >= 0.6 is 0 Å². The lowest BCUT2D eigenvalue weighted by atomic mass is 9.80. The molecule has 1 aromatic heterocycles. The van der Waals surface area contributed by atoms with Crippen LogP contribution in [0.1, 0.15) is 0 Å². The second-order valence-corrected chi connectivity index (χ2v) is 3.65. The van der Waals surface area contributed by atoms with Gasteiger partial charge in [-0.3, -0.25) is 4.32 Å². The molecule has 0 atom stereocenters. The van der Waals surface area contributed by atoms with Crippen LogP contribution in [0.3, 0.4) is 0 Å². The largest absolute Gasteiger partial charge is 0.532 e. The van der Waals surface area contributed by atoms with Crippen molar-refractivity contribution in [1.29, 1.82) is 0 Å². The predicted octanol–water partition coefficient (Wildman–Crippen LogP) is 2.24. The molecule has 1 N–H and O–H groups in total. The summed E-state index contributed by atoms with van der Waals surface area (Å²) in [7, 11) is -1.98. The van der Waals surface area contributed by atoms with Gasteiger partial charge < -0.3 is 9.44 Å². The van der Waals surface area contributed by atoms with Crippen LogP contribution in [0.5, 0.6) is 0 Å². The summed E-state index contributed by atoms with van der Waals surface area (Å²) in [5, 5.41) is 10.6. The zero-order valence-corrected chi connectivity index (χ0v) is 8.35. The molecule has 1 heterocycles. The van der Waals surface area contributed by atoms with E-state index in [1.807, 2.05) is 24.3 Å². The Morgan fingerprint density at radius 3 is 2.56 bits per heavy atom. The van der Waals surface area contributed by atoms with E-state index in [0.29, 0.717) is 16.6 Å². The molecule has 3 rings (SSSR count). The summed E-state index contributed by atoms with van der Waals surface area (Å²) in [6.07, 6.45) is 0. The fourth-order valence-electron chi connectivity index (χ4n) is 2.00. The van der Waals surface area contributed by atoms with E-state index in [2.05, 4.69) is 0 Å². The molecule has 3 aromatic rings. The molecule has 0 unspecified atom stereocenters. The number of rotatable bonds is 1. The first-order valence-electron chi connectivity index (χ1n) is 4.99. The standard InChI is InChI=1S/C12H8BFO2/c14-13(15)9-5-3-7-11-12(9)8-4-1-2-6-10(8)16-11/h1-7,15H. The molecule has 16 heavy (non-hydrogen) atoms. The van der Waals surface area contributed by atoms with E-state index in [1.54, 1.807) is 18.2 Å². The van der Waals surface area contributed by atoms with Crippen LogP contribution in [-0.2, 0) is 0 Å². The van der Waals surface area contributed by atoms with Crippen LogP contribution in [0.2, 0.25) is 0 Å². The van der Waals surface area contributed by atoms with Crippen molar-refractivity contribution in [2.24, 2.45) is 0 Å². The lowest BCUT2D eigenvalue weighted by Gasteiger charge is -1.98. The molecule has 0 amide bonds. The second kappa shape index (κ2) is 3.35. The molecule has 0 fully saturated rings. The molecule has 2 nitrogen and oxygen atoms in total. The molecule has 0 saturated heterocycles. The van der Waals surface area contributed by atoms with Gasteiger partial charge in [-0.15, -0.1) is 0 Å². The lowest BCUT2D eigenvalue weighted by molar-refractivity contribution is 0.515. The van der Waals surface area contributed by atoms with Gasteiger partial charge in [0.2, 0.25) is 0 Å². The Hall–Kier alpha value is -1.81. The Morgan fingerprint density at radius 1 is 1.00 bits per heavy atom. The van der Waals surface area contributed by atoms with Gasteiger partial charge in [0.25, 0.3) is 0 Å². The SMILES string of the molecule is OB(F)c1cccc2oc3ccccc3c12. The monoisotopic (exact) mass is 214 g/mol. The maximum Gasteiger partial charge on any atom is 0.532 e. The van der Waals surface area contributed by atoms with Crippen molar-refractivity contribution in [3.05, 3.63) is 42.5 Å². The van der Waals surface area contributed by atoms with E-state index in [1.165, 1.54) is 0 Å². The number of hydrogen-bond acceptors (Lipinski definition) is 2. The summed E-state index contributed by atoms with van der Waals surface area (Å²) in [4.78, 5) is 0. The minimum Gasteiger partial charge on any atom is -0.456 e. The number of hydrogen-bond donors (Lipinski definition) is 1. The fourth-order valence-corrected chi connectivity index (χ4v) is 2.00. The molecular formula is C12H8BFO2. The van der Waals surface area contributed by atoms with Crippen molar-refractivity contribution in [1.82, 2.24) is 0 Å². The number of furan rings is 1. The first-order chi connectivity index (χ1) is 7.77. The van der Waals surface area contributed by atoms with E-state index >= 15 is 0 Å². The molecule has 78 valence electrons. The van der Waals surface area contributed by atoms with E-state index in [-0.39, 0.29) is 5.46 Å². The fraction of sp³-hybridized carbons (Fsp3) is 0. The molecule has 0 aliphatic rings. The summed E-state index contributed by atoms with van der Waals surface area (Å²) >= 11 is 0. The van der Waals surface area contributed by atoms with Crippen molar-refractivity contribution in [2.45, 2.75) is 0 Å². The Kier molecular flexibility index (Phi) is 1.97. The minimum atomic E-state index is -1.98. The molecule has 2 aromatic carbocycles. The Morgan fingerprint density at radius 2 is 1.75 bits per heavy atom. The molecule has 4 heteroatoms. The van der Waals surface area contributed by atoms with Crippen LogP contribution < -0.4 is 5.46 Å². The maximum absolute atomic E-state index is 13.1. The summed E-state index contributed by atoms with van der Waals surface area (Å²) in [5.41, 5.74) is 1.54. The molecule has 0 aliphatic carbocycles. The second-order valence-electron chi connectivity index (χ2n) is 3.65. The van der Waals surface area contributed by atoms with Gasteiger partial charge in [0.15, 0.2) is 0 Å². The van der Waals surface area contributed by atoms with Crippen LogP contribution in [0.25, 0.3) is 21.9 Å². The quantitative estimate of drug-likeness (QED) is 0.630. The average molecular weight is 214 g/mol. The number of halogens is 1. The van der Waals surface area contributed by atoms with Gasteiger partial charge in [0.1, 0.15) is 11.2 Å². The van der Waals surface area contributed by atoms with Crippen LogP contribution in [0.15, 0.2) is 46.9 Å². The third kappa shape index (κ3) is 1.23. The molecule has 0 saturated carbocycles. The molecule has 0 aliphatic heterocycles. The highest BCUT2D eigenvalue weighted by molar-refractivity contribution is 6.63. The van der Waals surface area contributed by atoms with Crippen molar-refractivity contribution >= 4 is 34.6 Å². The van der Waals surface area contributed by atoms with E-state index in [9.17, 15) is 4.32 Å². The maximum atomic E-state index is 13.1. The molecule has 0 bridgehead atoms. The average Bonchev–Trinajstić information content (AvgIpc) is 2.66. The molecular weight excluding hydrogens is 206 g/mol. The van der Waals surface area contributed by atoms with E-state index < -0.39 is 7.19 Å². The number of benzene rings is 2. The van der Waals surface area contributed by atoms with Crippen LogP contribution in [-0.4, -0.2) is 12.2 Å². The van der Waals surface area contributed by atoms with E-state index in [0.717, 1.165) is 5.39 Å². The van der Waals surface area contributed by atoms with Gasteiger partial charge >= 0.3 is 7.19 Å². The first kappa shape index (κ1) is 9.42. The molecule has 0 spiro atoms. The summed E-state index contributed by atoms with van der Waals surface area (Å²) < 4.78 is 18.6. The van der Waals surface area contributed by atoms with Crippen LogP contribution in [0.4, 0.5) is 4.32 Å². The zero-order valence-electron chi connectivity index (χ0n) is 8.35. The van der Waals surface area contributed by atoms with Gasteiger partial charge in [-0.25, -0.2) is 0 Å². The number of fused-ring (bicyclic) bond motifs is 3. The highest BCUT2D eigenvalue weighted by Crippen LogP contribution is 2.27.